The summed E-state index contributed by atoms with van der Waals surface area (Å²) < 4.78 is 13.9. The molecule has 29 heavy (non-hydrogen) atoms. The Morgan fingerprint density at radius 1 is 1.14 bits per heavy atom. The van der Waals surface area contributed by atoms with Crippen LogP contribution in [0.1, 0.15) is 17.5 Å². The molecule has 2 aliphatic rings. The van der Waals surface area contributed by atoms with Gasteiger partial charge < -0.3 is 19.4 Å². The van der Waals surface area contributed by atoms with Gasteiger partial charge in [0.15, 0.2) is 11.5 Å². The van der Waals surface area contributed by atoms with Gasteiger partial charge in [-0.15, -0.1) is 12.4 Å². The van der Waals surface area contributed by atoms with Gasteiger partial charge in [-0.05, 0) is 30.7 Å². The summed E-state index contributed by atoms with van der Waals surface area (Å²) in [6.07, 6.45) is 2.68. The summed E-state index contributed by atoms with van der Waals surface area (Å²) in [6.45, 7) is 4.16. The van der Waals surface area contributed by atoms with E-state index in [1.807, 2.05) is 18.2 Å². The molecule has 1 unspecified atom stereocenters. The molecule has 0 aliphatic carbocycles. The molecular weight excluding hydrogens is 396 g/mol. The maximum Gasteiger partial charge on any atom is 0.330 e. The summed E-state index contributed by atoms with van der Waals surface area (Å²) in [7, 11) is 3.20. The van der Waals surface area contributed by atoms with Gasteiger partial charge in [0.05, 0.1) is 0 Å². The number of hydrogen-bond donors (Lipinski definition) is 1. The van der Waals surface area contributed by atoms with Crippen molar-refractivity contribution < 1.29 is 9.47 Å². The second-order valence-corrected chi connectivity index (χ2v) is 7.44. The van der Waals surface area contributed by atoms with Crippen LogP contribution in [0.15, 0.2) is 34.0 Å². The van der Waals surface area contributed by atoms with Crippen LogP contribution >= 0.6 is 12.4 Å². The summed E-state index contributed by atoms with van der Waals surface area (Å²) in [5.74, 6) is 1.54. The van der Waals surface area contributed by atoms with Gasteiger partial charge in [0.25, 0.3) is 5.56 Å². The summed E-state index contributed by atoms with van der Waals surface area (Å²) in [4.78, 5) is 26.9. The molecule has 0 bridgehead atoms. The van der Waals surface area contributed by atoms with Gasteiger partial charge in [-0.3, -0.25) is 14.3 Å². The Kier molecular flexibility index (Phi) is 6.66. The standard InChI is InChI=1S/C20H26N4O4.ClH/c1-22-12-15(19(25)23(2)20(22)26)13-24(16-5-6-21-10-16)11-14-3-4-17-18(9-14)28-8-7-27-17;/h3-4,9,12,16,21H,5-8,10-11,13H2,1-2H3;1H. The lowest BCUT2D eigenvalue weighted by molar-refractivity contribution is 0.169. The number of hydrogen-bond acceptors (Lipinski definition) is 6. The number of halogens is 1. The number of fused-ring (bicyclic) bond motifs is 1. The van der Waals surface area contributed by atoms with Crippen LogP contribution in [0.4, 0.5) is 0 Å². The number of ether oxygens (including phenoxy) is 2. The number of aryl methyl sites for hydroxylation is 1. The van der Waals surface area contributed by atoms with Gasteiger partial charge in [-0.2, -0.15) is 0 Å². The van der Waals surface area contributed by atoms with E-state index in [1.165, 1.54) is 16.2 Å². The molecule has 3 heterocycles. The van der Waals surface area contributed by atoms with E-state index >= 15 is 0 Å². The Hall–Kier alpha value is -2.29. The van der Waals surface area contributed by atoms with Crippen molar-refractivity contribution in [3.05, 3.63) is 56.4 Å². The molecule has 0 amide bonds. The van der Waals surface area contributed by atoms with Gasteiger partial charge in [0.2, 0.25) is 0 Å². The first-order valence-electron chi connectivity index (χ1n) is 9.62. The van der Waals surface area contributed by atoms with Crippen LogP contribution < -0.4 is 26.0 Å². The van der Waals surface area contributed by atoms with E-state index in [0.29, 0.717) is 37.9 Å². The second kappa shape index (κ2) is 9.02. The molecule has 8 nitrogen and oxygen atoms in total. The van der Waals surface area contributed by atoms with Gasteiger partial charge in [0.1, 0.15) is 13.2 Å². The quantitative estimate of drug-likeness (QED) is 0.762. The normalized spacial score (nSPS) is 18.0. The van der Waals surface area contributed by atoms with E-state index in [2.05, 4.69) is 10.2 Å². The van der Waals surface area contributed by atoms with Gasteiger partial charge in [-0.25, -0.2) is 4.79 Å². The zero-order valence-electron chi connectivity index (χ0n) is 16.7. The number of aromatic nitrogens is 2. The topological polar surface area (TPSA) is 77.7 Å². The van der Waals surface area contributed by atoms with Crippen molar-refractivity contribution in [2.24, 2.45) is 14.1 Å². The highest BCUT2D eigenvalue weighted by atomic mass is 35.5. The summed E-state index contributed by atoms with van der Waals surface area (Å²) in [5, 5.41) is 3.40. The summed E-state index contributed by atoms with van der Waals surface area (Å²) >= 11 is 0. The molecule has 2 aromatic rings. The maximum absolute atomic E-state index is 12.6. The highest BCUT2D eigenvalue weighted by molar-refractivity contribution is 5.85. The van der Waals surface area contributed by atoms with E-state index in [1.54, 1.807) is 13.2 Å². The summed E-state index contributed by atoms with van der Waals surface area (Å²) in [6, 6.07) is 6.33. The molecule has 1 fully saturated rings. The Labute approximate surface area is 175 Å². The van der Waals surface area contributed by atoms with Gasteiger partial charge in [0, 0.05) is 51.5 Å². The van der Waals surface area contributed by atoms with E-state index in [-0.39, 0.29) is 23.7 Å². The van der Waals surface area contributed by atoms with E-state index in [4.69, 9.17) is 9.47 Å². The molecule has 158 valence electrons. The first-order chi connectivity index (χ1) is 13.5. The molecule has 0 saturated carbocycles. The third-order valence-corrected chi connectivity index (χ3v) is 5.43. The minimum atomic E-state index is -0.310. The van der Waals surface area contributed by atoms with Crippen LogP contribution in [-0.2, 0) is 27.2 Å². The predicted molar refractivity (Wildman–Crippen MR) is 112 cm³/mol. The number of nitrogens with one attached hydrogen (secondary N) is 1. The molecule has 1 atom stereocenters. The molecule has 1 aromatic carbocycles. The Balaban J connectivity index is 0.00000240. The molecule has 4 rings (SSSR count). The van der Waals surface area contributed by atoms with Crippen LogP contribution in [-0.4, -0.2) is 46.4 Å². The first-order valence-corrected chi connectivity index (χ1v) is 9.62. The van der Waals surface area contributed by atoms with Crippen molar-refractivity contribution >= 4 is 12.4 Å². The van der Waals surface area contributed by atoms with Crippen LogP contribution in [0.2, 0.25) is 0 Å². The van der Waals surface area contributed by atoms with Crippen LogP contribution in [0.5, 0.6) is 11.5 Å². The number of rotatable bonds is 5. The van der Waals surface area contributed by atoms with E-state index < -0.39 is 0 Å². The molecule has 1 saturated heterocycles. The van der Waals surface area contributed by atoms with Crippen LogP contribution in [0, 0.1) is 0 Å². The van der Waals surface area contributed by atoms with Crippen molar-refractivity contribution in [1.82, 2.24) is 19.4 Å². The molecular formula is C20H27ClN4O4. The maximum atomic E-state index is 12.6. The third-order valence-electron chi connectivity index (χ3n) is 5.43. The smallest absolute Gasteiger partial charge is 0.330 e. The lowest BCUT2D eigenvalue weighted by Gasteiger charge is -2.29. The van der Waals surface area contributed by atoms with Gasteiger partial charge in [-0.1, -0.05) is 6.07 Å². The highest BCUT2D eigenvalue weighted by Gasteiger charge is 2.24. The predicted octanol–water partition coefficient (Wildman–Crippen LogP) is 0.641. The largest absolute Gasteiger partial charge is 0.486 e. The van der Waals surface area contributed by atoms with Crippen molar-refractivity contribution in [2.45, 2.75) is 25.6 Å². The molecule has 2 aliphatic heterocycles. The Bertz CT molecular complexity index is 981. The van der Waals surface area contributed by atoms with Crippen molar-refractivity contribution in [3.8, 4) is 11.5 Å². The van der Waals surface area contributed by atoms with Crippen molar-refractivity contribution in [3.63, 3.8) is 0 Å². The fourth-order valence-electron chi connectivity index (χ4n) is 3.90. The Morgan fingerprint density at radius 2 is 1.90 bits per heavy atom. The lowest BCUT2D eigenvalue weighted by Crippen LogP contribution is -2.42. The number of nitrogens with zero attached hydrogens (tertiary/aromatic N) is 3. The zero-order chi connectivity index (χ0) is 19.7. The average Bonchev–Trinajstić information content (AvgIpc) is 3.24. The van der Waals surface area contributed by atoms with E-state index in [9.17, 15) is 9.59 Å². The molecule has 0 spiro atoms. The molecule has 1 aromatic heterocycles. The molecule has 0 radical (unpaired) electrons. The first kappa shape index (κ1) is 21.4. The SMILES string of the molecule is Cl.Cn1cc(CN(Cc2ccc3c(c2)OCCO3)C2CCNC2)c(=O)n(C)c1=O. The average molecular weight is 423 g/mol. The van der Waals surface area contributed by atoms with Crippen molar-refractivity contribution in [1.29, 1.82) is 0 Å². The minimum Gasteiger partial charge on any atom is -0.486 e. The number of benzene rings is 1. The fourth-order valence-corrected chi connectivity index (χ4v) is 3.90. The molecule has 1 N–H and O–H groups in total. The van der Waals surface area contributed by atoms with Crippen LogP contribution in [0.3, 0.4) is 0 Å². The minimum absolute atomic E-state index is 0. The monoisotopic (exact) mass is 422 g/mol. The molecule has 9 heteroatoms. The zero-order valence-corrected chi connectivity index (χ0v) is 17.5. The van der Waals surface area contributed by atoms with E-state index in [0.717, 1.165) is 36.6 Å². The van der Waals surface area contributed by atoms with Gasteiger partial charge >= 0.3 is 5.69 Å². The lowest BCUT2D eigenvalue weighted by atomic mass is 10.1. The fraction of sp³-hybridized carbons (Fsp3) is 0.500. The Morgan fingerprint density at radius 3 is 2.62 bits per heavy atom. The van der Waals surface area contributed by atoms with Crippen LogP contribution in [0.25, 0.3) is 0 Å². The highest BCUT2D eigenvalue weighted by Crippen LogP contribution is 2.31. The third kappa shape index (κ3) is 4.49. The van der Waals surface area contributed by atoms with Crippen molar-refractivity contribution in [2.75, 3.05) is 26.3 Å². The second-order valence-electron chi connectivity index (χ2n) is 7.44. The summed E-state index contributed by atoms with van der Waals surface area (Å²) in [5.41, 5.74) is 1.18.